The molecule has 1 aliphatic heterocycles. The highest BCUT2D eigenvalue weighted by atomic mass is 79.9. The zero-order valence-electron chi connectivity index (χ0n) is 13.9. The number of para-hydroxylation sites is 1. The average Bonchev–Trinajstić information content (AvgIpc) is 3.17. The molecule has 5 nitrogen and oxygen atoms in total. The van der Waals surface area contributed by atoms with E-state index < -0.39 is 4.57 Å². The van der Waals surface area contributed by atoms with Crippen molar-refractivity contribution in [2.45, 2.75) is 18.4 Å². The Labute approximate surface area is 159 Å². The second-order valence-electron chi connectivity index (χ2n) is 5.85. The molecule has 0 radical (unpaired) electrons. The van der Waals surface area contributed by atoms with Gasteiger partial charge in [-0.05, 0) is 41.9 Å². The largest absolute Gasteiger partial charge is 0.223 e. The van der Waals surface area contributed by atoms with Crippen LogP contribution >= 0.6 is 27.3 Å². The van der Waals surface area contributed by atoms with Crippen LogP contribution in [-0.4, -0.2) is 4.98 Å². The Hall–Kier alpha value is -1.93. The number of nitrogens with one attached hydrogen (secondary N) is 2. The molecule has 0 aliphatic carbocycles. The molecular weight excluding hydrogens is 398 g/mol. The van der Waals surface area contributed by atoms with Crippen molar-refractivity contribution in [3.63, 3.8) is 0 Å². The zero-order chi connectivity index (χ0) is 17.4. The summed E-state index contributed by atoms with van der Waals surface area (Å²) in [4.78, 5) is 5.91. The van der Waals surface area contributed by atoms with E-state index in [0.717, 1.165) is 22.1 Å². The van der Waals surface area contributed by atoms with E-state index in [1.54, 1.807) is 11.3 Å². The summed E-state index contributed by atoms with van der Waals surface area (Å²) >= 11 is 5.48. The van der Waals surface area contributed by atoms with Crippen molar-refractivity contribution in [3.05, 3.63) is 76.8 Å². The van der Waals surface area contributed by atoms with Crippen molar-refractivity contribution >= 4 is 38.1 Å². The van der Waals surface area contributed by atoms with E-state index in [-0.39, 0.29) is 0 Å². The number of halogens is 1. The first-order valence-electron chi connectivity index (χ1n) is 7.96. The lowest BCUT2D eigenvalue weighted by molar-refractivity contribution is 0.526. The number of hydrazine groups is 3. The van der Waals surface area contributed by atoms with Crippen molar-refractivity contribution in [1.29, 1.82) is 0 Å². The number of aryl methyl sites for hydroxylation is 2. The second-order valence-corrected chi connectivity index (χ2v) is 8.22. The number of benzene rings is 2. The third-order valence-electron chi connectivity index (χ3n) is 4.09. The third-order valence-corrected chi connectivity index (χ3v) is 5.95. The summed E-state index contributed by atoms with van der Waals surface area (Å²) in [7, 11) is 0. The Morgan fingerprint density at radius 1 is 0.920 bits per heavy atom. The van der Waals surface area contributed by atoms with Crippen molar-refractivity contribution in [1.82, 2.24) is 15.8 Å². The number of hydrogen-bond acceptors (Lipinski definition) is 6. The molecule has 2 N–H and O–H groups in total. The van der Waals surface area contributed by atoms with Crippen LogP contribution in [-0.2, 0) is 4.57 Å². The van der Waals surface area contributed by atoms with Gasteiger partial charge < -0.3 is 0 Å². The van der Waals surface area contributed by atoms with Crippen molar-refractivity contribution < 1.29 is 0 Å². The molecule has 1 aliphatic rings. The standard InChI is InChI=1S/C18H18BrN5S/c1-13-14(2)25-17(20-13)24-22-18(19,15-9-5-3-6-10-15)21-23(24)16-11-7-4-8-12-16/h3-12,21-22H,1-2H3. The van der Waals surface area contributed by atoms with Crippen LogP contribution in [0.15, 0.2) is 60.7 Å². The number of aromatic nitrogens is 1. The smallest absolute Gasteiger partial charge is 0.221 e. The van der Waals surface area contributed by atoms with Crippen molar-refractivity contribution in [2.75, 3.05) is 10.2 Å². The van der Waals surface area contributed by atoms with E-state index in [4.69, 9.17) is 4.98 Å². The second kappa shape index (κ2) is 6.42. The number of nitrogens with zero attached hydrogens (tertiary/aromatic N) is 3. The summed E-state index contributed by atoms with van der Waals surface area (Å²) in [5.41, 5.74) is 10.1. The number of rotatable bonds is 3. The topological polar surface area (TPSA) is 43.4 Å². The summed E-state index contributed by atoms with van der Waals surface area (Å²) < 4.78 is -0.627. The molecule has 4 rings (SSSR count). The van der Waals surface area contributed by atoms with Gasteiger partial charge in [0.15, 0.2) is 4.57 Å². The van der Waals surface area contributed by atoms with Gasteiger partial charge in [-0.15, -0.1) is 0 Å². The highest BCUT2D eigenvalue weighted by Gasteiger charge is 2.43. The maximum absolute atomic E-state index is 4.71. The SMILES string of the molecule is Cc1nc(N2NC(Br)(c3ccccc3)NN2c2ccccc2)sc1C. The first-order chi connectivity index (χ1) is 12.1. The molecule has 7 heteroatoms. The monoisotopic (exact) mass is 415 g/mol. The fraction of sp³-hybridized carbons (Fsp3) is 0.167. The minimum absolute atomic E-state index is 0.627. The number of hydrogen-bond donors (Lipinski definition) is 2. The normalized spacial score (nSPS) is 20.3. The van der Waals surface area contributed by atoms with Crippen LogP contribution < -0.4 is 21.1 Å². The fourth-order valence-corrected chi connectivity index (χ4v) is 4.11. The lowest BCUT2D eigenvalue weighted by Gasteiger charge is -2.26. The summed E-state index contributed by atoms with van der Waals surface area (Å²) in [5, 5.41) is 4.80. The zero-order valence-corrected chi connectivity index (χ0v) is 16.3. The van der Waals surface area contributed by atoms with E-state index in [2.05, 4.69) is 58.0 Å². The molecule has 1 atom stereocenters. The molecular formula is C18H18BrN5S. The van der Waals surface area contributed by atoms with Gasteiger partial charge >= 0.3 is 0 Å². The van der Waals surface area contributed by atoms with E-state index in [0.29, 0.717) is 0 Å². The average molecular weight is 416 g/mol. The highest BCUT2D eigenvalue weighted by molar-refractivity contribution is 9.09. The molecule has 1 fully saturated rings. The minimum atomic E-state index is -0.627. The lowest BCUT2D eigenvalue weighted by atomic mass is 10.2. The van der Waals surface area contributed by atoms with Gasteiger partial charge in [-0.1, -0.05) is 59.9 Å². The molecule has 0 spiro atoms. The Balaban J connectivity index is 1.77. The predicted octanol–water partition coefficient (Wildman–Crippen LogP) is 4.22. The van der Waals surface area contributed by atoms with Gasteiger partial charge in [-0.2, -0.15) is 21.1 Å². The quantitative estimate of drug-likeness (QED) is 0.495. The summed E-state index contributed by atoms with van der Waals surface area (Å²) in [6, 6.07) is 20.3. The van der Waals surface area contributed by atoms with E-state index in [1.807, 2.05) is 53.6 Å². The number of alkyl halides is 1. The van der Waals surface area contributed by atoms with Crippen molar-refractivity contribution in [3.8, 4) is 0 Å². The molecule has 0 saturated carbocycles. The molecule has 1 saturated heterocycles. The molecule has 25 heavy (non-hydrogen) atoms. The van der Waals surface area contributed by atoms with Crippen molar-refractivity contribution in [2.24, 2.45) is 0 Å². The first kappa shape index (κ1) is 16.5. The fourth-order valence-electron chi connectivity index (χ4n) is 2.64. The lowest BCUT2D eigenvalue weighted by Crippen LogP contribution is -2.45. The Morgan fingerprint density at radius 3 is 2.12 bits per heavy atom. The van der Waals surface area contributed by atoms with Gasteiger partial charge in [0.05, 0.1) is 11.4 Å². The molecule has 128 valence electrons. The van der Waals surface area contributed by atoms with Gasteiger partial charge in [-0.25, -0.2) is 4.98 Å². The maximum Gasteiger partial charge on any atom is 0.221 e. The van der Waals surface area contributed by atoms with Crippen LogP contribution in [0.25, 0.3) is 0 Å². The summed E-state index contributed by atoms with van der Waals surface area (Å²) in [5.74, 6) is 0. The summed E-state index contributed by atoms with van der Waals surface area (Å²) in [6.45, 7) is 4.12. The molecule has 0 amide bonds. The predicted molar refractivity (Wildman–Crippen MR) is 106 cm³/mol. The maximum atomic E-state index is 4.71. The van der Waals surface area contributed by atoms with Crippen LogP contribution in [0, 0.1) is 13.8 Å². The van der Waals surface area contributed by atoms with Crippen LogP contribution in [0.4, 0.5) is 10.8 Å². The number of thiazole rings is 1. The third kappa shape index (κ3) is 3.04. The Kier molecular flexibility index (Phi) is 4.24. The molecule has 3 aromatic rings. The van der Waals surface area contributed by atoms with Crippen LogP contribution in [0.2, 0.25) is 0 Å². The summed E-state index contributed by atoms with van der Waals surface area (Å²) in [6.07, 6.45) is 0. The van der Waals surface area contributed by atoms with E-state index in [9.17, 15) is 0 Å². The molecule has 0 bridgehead atoms. The molecule has 1 unspecified atom stereocenters. The molecule has 1 aromatic heterocycles. The molecule has 2 heterocycles. The van der Waals surface area contributed by atoms with Crippen LogP contribution in [0.1, 0.15) is 16.1 Å². The highest BCUT2D eigenvalue weighted by Crippen LogP contribution is 2.36. The number of anilines is 2. The van der Waals surface area contributed by atoms with Crippen LogP contribution in [0.5, 0.6) is 0 Å². The minimum Gasteiger partial charge on any atom is -0.223 e. The van der Waals surface area contributed by atoms with Crippen LogP contribution in [0.3, 0.4) is 0 Å². The molecule has 2 aromatic carbocycles. The van der Waals surface area contributed by atoms with Gasteiger partial charge in [0, 0.05) is 10.4 Å². The van der Waals surface area contributed by atoms with Gasteiger partial charge in [0.25, 0.3) is 0 Å². The van der Waals surface area contributed by atoms with Gasteiger partial charge in [-0.3, -0.25) is 0 Å². The Morgan fingerprint density at radius 2 is 1.52 bits per heavy atom. The van der Waals surface area contributed by atoms with Gasteiger partial charge in [0.1, 0.15) is 0 Å². The van der Waals surface area contributed by atoms with E-state index >= 15 is 0 Å². The van der Waals surface area contributed by atoms with Gasteiger partial charge in [0.2, 0.25) is 5.13 Å². The Bertz CT molecular complexity index is 850. The first-order valence-corrected chi connectivity index (χ1v) is 9.57. The van der Waals surface area contributed by atoms with E-state index in [1.165, 1.54) is 4.88 Å².